The van der Waals surface area contributed by atoms with Crippen LogP contribution in [0.5, 0.6) is 0 Å². The van der Waals surface area contributed by atoms with Gasteiger partial charge >= 0.3 is 0 Å². The zero-order valence-corrected chi connectivity index (χ0v) is 18.3. The summed E-state index contributed by atoms with van der Waals surface area (Å²) in [4.78, 5) is 9.74. The van der Waals surface area contributed by atoms with Gasteiger partial charge in [0.2, 0.25) is 4.96 Å². The normalized spacial score (nSPS) is 15.5. The third kappa shape index (κ3) is 5.16. The van der Waals surface area contributed by atoms with Crippen LogP contribution in [0.15, 0.2) is 54.2 Å². The van der Waals surface area contributed by atoms with Gasteiger partial charge < -0.3 is 5.73 Å². The molecule has 0 amide bonds. The van der Waals surface area contributed by atoms with Gasteiger partial charge in [0, 0.05) is 11.8 Å². The van der Waals surface area contributed by atoms with Crippen molar-refractivity contribution in [2.45, 2.75) is 25.6 Å². The minimum Gasteiger partial charge on any atom is -0.405 e. The fourth-order valence-electron chi connectivity index (χ4n) is 2.89. The second-order valence-electron chi connectivity index (χ2n) is 6.29. The number of benzene rings is 1. The maximum atomic E-state index is 13.0. The highest BCUT2D eigenvalue weighted by atomic mass is 35.5. The molecular formula is C21H20Cl2FN5S. The summed E-state index contributed by atoms with van der Waals surface area (Å²) in [5, 5.41) is 5.67. The van der Waals surface area contributed by atoms with E-state index < -0.39 is 6.67 Å². The molecule has 0 saturated heterocycles. The van der Waals surface area contributed by atoms with E-state index >= 15 is 0 Å². The molecule has 4 rings (SSSR count). The Labute approximate surface area is 188 Å². The minimum absolute atomic E-state index is 0.236. The van der Waals surface area contributed by atoms with Gasteiger partial charge in [0.25, 0.3) is 0 Å². The molecule has 156 valence electrons. The summed E-state index contributed by atoms with van der Waals surface area (Å²) in [5.74, 6) is 0. The summed E-state index contributed by atoms with van der Waals surface area (Å²) in [6.45, 7) is 2.53. The molecule has 2 aromatic heterocycles. The number of rotatable bonds is 5. The summed E-state index contributed by atoms with van der Waals surface area (Å²) < 4.78 is 14.7. The van der Waals surface area contributed by atoms with Crippen molar-refractivity contribution >= 4 is 51.8 Å². The molecule has 1 unspecified atom stereocenters. The number of halogens is 3. The van der Waals surface area contributed by atoms with E-state index in [-0.39, 0.29) is 6.04 Å². The van der Waals surface area contributed by atoms with Crippen molar-refractivity contribution < 1.29 is 4.39 Å². The number of hydrogen-bond acceptors (Lipinski definition) is 5. The molecule has 1 aromatic carbocycles. The lowest BCUT2D eigenvalue weighted by Crippen LogP contribution is -2.04. The summed E-state index contributed by atoms with van der Waals surface area (Å²) in [5.41, 5.74) is 6.97. The molecule has 1 atom stereocenters. The topological polar surface area (TPSA) is 68.6 Å². The number of allylic oxidation sites excluding steroid dienone is 1. The molecule has 0 bridgehead atoms. The van der Waals surface area contributed by atoms with E-state index in [4.69, 9.17) is 23.2 Å². The van der Waals surface area contributed by atoms with Gasteiger partial charge in [0.1, 0.15) is 11.7 Å². The first kappa shape index (κ1) is 22.2. The largest absolute Gasteiger partial charge is 0.405 e. The van der Waals surface area contributed by atoms with Crippen LogP contribution >= 0.6 is 34.5 Å². The van der Waals surface area contributed by atoms with Crippen molar-refractivity contribution in [3.05, 3.63) is 70.0 Å². The number of dihydropyridines is 1. The second-order valence-corrected chi connectivity index (χ2v) is 8.14. The number of aliphatic imine (C=N–C) groups is 1. The van der Waals surface area contributed by atoms with Crippen LogP contribution in [0.2, 0.25) is 10.0 Å². The SMILES string of the molecule is C=CN.FCc1nn2c(/C=C/CC3CC=CC=N3)c(-c3ccc(Cl)c(Cl)c3)nc2s1. The standard InChI is InChI=1S/C19H15Cl2FN4S.C2H5N/c20-14-8-7-12(10-15(14)21)18-16(6-3-5-13-4-1-2-9-23-13)26-19(24-18)27-17(11-22)25-26;1-2-3/h1-3,6-10,13H,4-5,11H2;2H,1,3H2/b6-3+;. The molecule has 30 heavy (non-hydrogen) atoms. The van der Waals surface area contributed by atoms with Gasteiger partial charge in [0.05, 0.1) is 27.5 Å². The summed E-state index contributed by atoms with van der Waals surface area (Å²) in [6.07, 6.45) is 12.9. The van der Waals surface area contributed by atoms with E-state index in [9.17, 15) is 4.39 Å². The Bertz CT molecular complexity index is 1120. The van der Waals surface area contributed by atoms with Gasteiger partial charge in [-0.3, -0.25) is 4.99 Å². The number of hydrogen-bond donors (Lipinski definition) is 1. The number of nitrogens with zero attached hydrogens (tertiary/aromatic N) is 4. The Hall–Kier alpha value is -2.48. The van der Waals surface area contributed by atoms with E-state index in [0.717, 1.165) is 29.8 Å². The Kier molecular flexibility index (Phi) is 7.79. The summed E-state index contributed by atoms with van der Waals surface area (Å²) in [6, 6.07) is 5.62. The first-order chi connectivity index (χ1) is 14.6. The molecule has 0 spiro atoms. The number of imidazole rings is 1. The molecule has 9 heteroatoms. The number of aromatic nitrogens is 3. The van der Waals surface area contributed by atoms with Gasteiger partial charge in [-0.25, -0.2) is 13.9 Å². The Balaban J connectivity index is 0.000000806. The molecule has 1 aliphatic heterocycles. The lowest BCUT2D eigenvalue weighted by Gasteiger charge is -2.09. The van der Waals surface area contributed by atoms with Crippen molar-refractivity contribution in [2.24, 2.45) is 10.7 Å². The van der Waals surface area contributed by atoms with Crippen LogP contribution < -0.4 is 5.73 Å². The van der Waals surface area contributed by atoms with Crippen molar-refractivity contribution in [1.82, 2.24) is 14.6 Å². The number of fused-ring (bicyclic) bond motifs is 1. The van der Waals surface area contributed by atoms with Crippen LogP contribution in [0, 0.1) is 0 Å². The zero-order valence-electron chi connectivity index (χ0n) is 16.0. The van der Waals surface area contributed by atoms with E-state index in [1.807, 2.05) is 24.4 Å². The molecule has 5 nitrogen and oxygen atoms in total. The van der Waals surface area contributed by atoms with Crippen molar-refractivity contribution in [3.63, 3.8) is 0 Å². The van der Waals surface area contributed by atoms with Crippen LogP contribution in [0.25, 0.3) is 22.3 Å². The predicted octanol–water partition coefficient (Wildman–Crippen LogP) is 6.13. The van der Waals surface area contributed by atoms with E-state index in [0.29, 0.717) is 20.0 Å². The minimum atomic E-state index is -0.609. The number of nitrogens with two attached hydrogens (primary N) is 1. The fourth-order valence-corrected chi connectivity index (χ4v) is 3.93. The van der Waals surface area contributed by atoms with Crippen LogP contribution in [-0.2, 0) is 6.67 Å². The maximum Gasteiger partial charge on any atom is 0.213 e. The van der Waals surface area contributed by atoms with Crippen LogP contribution in [0.4, 0.5) is 4.39 Å². The third-order valence-corrected chi connectivity index (χ3v) is 5.81. The van der Waals surface area contributed by atoms with Gasteiger partial charge in [0.15, 0.2) is 0 Å². The second kappa shape index (κ2) is 10.5. The van der Waals surface area contributed by atoms with Gasteiger partial charge in [-0.2, -0.15) is 5.10 Å². The molecule has 3 aromatic rings. The predicted molar refractivity (Wildman–Crippen MR) is 125 cm³/mol. The van der Waals surface area contributed by atoms with E-state index in [1.54, 1.807) is 16.6 Å². The highest BCUT2D eigenvalue weighted by Crippen LogP contribution is 2.32. The molecule has 3 heterocycles. The quantitative estimate of drug-likeness (QED) is 0.494. The summed E-state index contributed by atoms with van der Waals surface area (Å²) in [7, 11) is 0. The first-order valence-corrected chi connectivity index (χ1v) is 10.7. The molecule has 2 N–H and O–H groups in total. The van der Waals surface area contributed by atoms with Gasteiger partial charge in [-0.15, -0.1) is 0 Å². The Morgan fingerprint density at radius 3 is 2.80 bits per heavy atom. The zero-order chi connectivity index (χ0) is 21.5. The Morgan fingerprint density at radius 1 is 1.33 bits per heavy atom. The van der Waals surface area contributed by atoms with E-state index in [1.165, 1.54) is 17.5 Å². The number of alkyl halides is 1. The maximum absolute atomic E-state index is 13.0. The van der Waals surface area contributed by atoms with Crippen LogP contribution in [-0.4, -0.2) is 26.9 Å². The highest BCUT2D eigenvalue weighted by molar-refractivity contribution is 7.16. The van der Waals surface area contributed by atoms with Gasteiger partial charge in [-0.05, 0) is 43.3 Å². The Morgan fingerprint density at radius 2 is 2.13 bits per heavy atom. The molecular weight excluding hydrogens is 444 g/mol. The first-order valence-electron chi connectivity index (χ1n) is 9.14. The molecule has 1 aliphatic rings. The molecule has 0 fully saturated rings. The monoisotopic (exact) mass is 463 g/mol. The van der Waals surface area contributed by atoms with Crippen LogP contribution in [0.1, 0.15) is 23.5 Å². The molecule has 0 saturated carbocycles. The fraction of sp³-hybridized carbons (Fsp3) is 0.190. The van der Waals surface area contributed by atoms with Crippen molar-refractivity contribution in [2.75, 3.05) is 0 Å². The average molecular weight is 464 g/mol. The van der Waals surface area contributed by atoms with Crippen molar-refractivity contribution in [3.8, 4) is 11.3 Å². The van der Waals surface area contributed by atoms with Crippen molar-refractivity contribution in [1.29, 1.82) is 0 Å². The van der Waals surface area contributed by atoms with Crippen LogP contribution in [0.3, 0.4) is 0 Å². The average Bonchev–Trinajstić information content (AvgIpc) is 3.30. The highest BCUT2D eigenvalue weighted by Gasteiger charge is 2.17. The molecule has 0 radical (unpaired) electrons. The summed E-state index contributed by atoms with van der Waals surface area (Å²) >= 11 is 13.4. The van der Waals surface area contributed by atoms with E-state index in [2.05, 4.69) is 39.5 Å². The lowest BCUT2D eigenvalue weighted by molar-refractivity contribution is 0.479. The van der Waals surface area contributed by atoms with Gasteiger partial charge in [-0.1, -0.05) is 59.3 Å². The third-order valence-electron chi connectivity index (χ3n) is 4.20. The molecule has 0 aliphatic carbocycles. The smallest absolute Gasteiger partial charge is 0.213 e. The lowest BCUT2D eigenvalue weighted by atomic mass is 10.1.